The Morgan fingerprint density at radius 2 is 1.90 bits per heavy atom. The molecule has 0 fully saturated rings. The number of carbonyl (C=O) groups is 1. The van der Waals surface area contributed by atoms with E-state index < -0.39 is 11.7 Å². The number of amides is 1. The van der Waals surface area contributed by atoms with E-state index >= 15 is 0 Å². The third-order valence-corrected chi connectivity index (χ3v) is 2.20. The van der Waals surface area contributed by atoms with Crippen LogP contribution in [-0.2, 0) is 4.74 Å². The SMILES string of the molecule is COc1cc(NC(=O)OC(C)(C)C)nnc1-n1nccn1. The normalized spacial score (nSPS) is 11.0. The van der Waals surface area contributed by atoms with Crippen molar-refractivity contribution in [3.63, 3.8) is 0 Å². The van der Waals surface area contributed by atoms with Gasteiger partial charge in [-0.3, -0.25) is 5.32 Å². The molecular formula is C12H16N6O3. The fourth-order valence-corrected chi connectivity index (χ4v) is 1.45. The Kier molecular flexibility index (Phi) is 4.01. The highest BCUT2D eigenvalue weighted by molar-refractivity contribution is 5.83. The standard InChI is InChI=1S/C12H16N6O3/c1-12(2,3)21-11(19)15-9-7-8(20-4)10(17-16-9)18-13-5-6-14-18/h5-7H,1-4H3,(H,15,16,19). The minimum Gasteiger partial charge on any atom is -0.493 e. The van der Waals surface area contributed by atoms with Crippen molar-refractivity contribution < 1.29 is 14.3 Å². The largest absolute Gasteiger partial charge is 0.493 e. The van der Waals surface area contributed by atoms with E-state index in [1.165, 1.54) is 30.4 Å². The van der Waals surface area contributed by atoms with Crippen LogP contribution < -0.4 is 10.1 Å². The van der Waals surface area contributed by atoms with Crippen molar-refractivity contribution in [1.29, 1.82) is 0 Å². The minimum absolute atomic E-state index is 0.206. The first-order chi connectivity index (χ1) is 9.89. The van der Waals surface area contributed by atoms with Crippen molar-refractivity contribution in [2.75, 3.05) is 12.4 Å². The maximum Gasteiger partial charge on any atom is 0.413 e. The summed E-state index contributed by atoms with van der Waals surface area (Å²) in [5, 5.41) is 18.2. The average molecular weight is 292 g/mol. The van der Waals surface area contributed by atoms with Gasteiger partial charge < -0.3 is 9.47 Å². The van der Waals surface area contributed by atoms with Gasteiger partial charge in [-0.1, -0.05) is 0 Å². The molecule has 0 atom stereocenters. The van der Waals surface area contributed by atoms with Crippen LogP contribution in [0.1, 0.15) is 20.8 Å². The zero-order chi connectivity index (χ0) is 15.5. The summed E-state index contributed by atoms with van der Waals surface area (Å²) >= 11 is 0. The second-order valence-electron chi connectivity index (χ2n) is 5.07. The number of ether oxygens (including phenoxy) is 2. The van der Waals surface area contributed by atoms with Crippen LogP contribution in [0.2, 0.25) is 0 Å². The van der Waals surface area contributed by atoms with Crippen molar-refractivity contribution in [3.8, 4) is 11.6 Å². The molecule has 112 valence electrons. The molecule has 2 aromatic rings. The molecule has 0 aliphatic heterocycles. The highest BCUT2D eigenvalue weighted by Crippen LogP contribution is 2.21. The highest BCUT2D eigenvalue weighted by atomic mass is 16.6. The molecule has 21 heavy (non-hydrogen) atoms. The van der Waals surface area contributed by atoms with Crippen molar-refractivity contribution in [3.05, 3.63) is 18.5 Å². The van der Waals surface area contributed by atoms with Crippen molar-refractivity contribution in [2.45, 2.75) is 26.4 Å². The van der Waals surface area contributed by atoms with Gasteiger partial charge in [-0.2, -0.15) is 10.2 Å². The van der Waals surface area contributed by atoms with Gasteiger partial charge in [-0.15, -0.1) is 15.0 Å². The number of anilines is 1. The molecule has 0 bridgehead atoms. The third-order valence-electron chi connectivity index (χ3n) is 2.20. The first kappa shape index (κ1) is 14.7. The molecule has 0 saturated carbocycles. The number of rotatable bonds is 3. The van der Waals surface area contributed by atoms with E-state index in [1.54, 1.807) is 20.8 Å². The Hall–Kier alpha value is -2.71. The molecule has 1 amide bonds. The van der Waals surface area contributed by atoms with E-state index in [0.717, 1.165) is 0 Å². The van der Waals surface area contributed by atoms with Gasteiger partial charge in [0.2, 0.25) is 5.82 Å². The van der Waals surface area contributed by atoms with Crippen LogP contribution in [0.3, 0.4) is 0 Å². The van der Waals surface area contributed by atoms with E-state index in [-0.39, 0.29) is 5.82 Å². The molecule has 9 nitrogen and oxygen atoms in total. The van der Waals surface area contributed by atoms with Crippen LogP contribution in [0, 0.1) is 0 Å². The Bertz CT molecular complexity index is 620. The molecule has 0 unspecified atom stereocenters. The molecule has 1 N–H and O–H groups in total. The third kappa shape index (κ3) is 3.88. The van der Waals surface area contributed by atoms with Gasteiger partial charge >= 0.3 is 6.09 Å². The summed E-state index contributed by atoms with van der Waals surface area (Å²) in [6.07, 6.45) is 2.39. The summed E-state index contributed by atoms with van der Waals surface area (Å²) < 4.78 is 10.3. The second-order valence-corrected chi connectivity index (χ2v) is 5.07. The summed E-state index contributed by atoms with van der Waals surface area (Å²) in [7, 11) is 1.47. The molecule has 0 saturated heterocycles. The minimum atomic E-state index is -0.621. The summed E-state index contributed by atoms with van der Waals surface area (Å²) in [6, 6.07) is 1.51. The maximum atomic E-state index is 11.7. The Morgan fingerprint density at radius 3 is 2.48 bits per heavy atom. The number of hydrogen-bond acceptors (Lipinski definition) is 7. The van der Waals surface area contributed by atoms with Crippen LogP contribution in [0.15, 0.2) is 18.5 Å². The fourth-order valence-electron chi connectivity index (χ4n) is 1.45. The van der Waals surface area contributed by atoms with Gasteiger partial charge in [0.15, 0.2) is 11.6 Å². The number of hydrogen-bond donors (Lipinski definition) is 1. The Labute approximate surface area is 121 Å². The zero-order valence-electron chi connectivity index (χ0n) is 12.2. The molecule has 0 aliphatic rings. The summed E-state index contributed by atoms with van der Waals surface area (Å²) in [5.41, 5.74) is -0.597. The van der Waals surface area contributed by atoms with Crippen LogP contribution in [0.4, 0.5) is 10.6 Å². The van der Waals surface area contributed by atoms with E-state index in [4.69, 9.17) is 9.47 Å². The smallest absolute Gasteiger partial charge is 0.413 e. The average Bonchev–Trinajstić information content (AvgIpc) is 2.89. The molecule has 0 radical (unpaired) electrons. The first-order valence-corrected chi connectivity index (χ1v) is 6.17. The van der Waals surface area contributed by atoms with Gasteiger partial charge in [0.1, 0.15) is 5.60 Å². The second kappa shape index (κ2) is 5.73. The van der Waals surface area contributed by atoms with Crippen LogP contribution in [0.25, 0.3) is 5.82 Å². The Balaban J connectivity index is 2.18. The van der Waals surface area contributed by atoms with Crippen LogP contribution >= 0.6 is 0 Å². The number of methoxy groups -OCH3 is 1. The maximum absolute atomic E-state index is 11.7. The van der Waals surface area contributed by atoms with E-state index in [0.29, 0.717) is 11.6 Å². The number of carbonyl (C=O) groups excluding carboxylic acids is 1. The monoisotopic (exact) mass is 292 g/mol. The Morgan fingerprint density at radius 1 is 1.24 bits per heavy atom. The topological polar surface area (TPSA) is 104 Å². The summed E-state index contributed by atoms with van der Waals surface area (Å²) in [5.74, 6) is 0.890. The lowest BCUT2D eigenvalue weighted by atomic mass is 10.2. The van der Waals surface area contributed by atoms with Crippen molar-refractivity contribution >= 4 is 11.9 Å². The summed E-state index contributed by atoms with van der Waals surface area (Å²) in [6.45, 7) is 5.31. The predicted octanol–water partition coefficient (Wildman–Crippen LogP) is 1.41. The lowest BCUT2D eigenvalue weighted by Crippen LogP contribution is -2.27. The predicted molar refractivity (Wildman–Crippen MR) is 73.4 cm³/mol. The number of nitrogens with zero attached hydrogens (tertiary/aromatic N) is 5. The molecule has 2 aromatic heterocycles. The van der Waals surface area contributed by atoms with Crippen LogP contribution in [-0.4, -0.2) is 44.0 Å². The number of nitrogens with one attached hydrogen (secondary N) is 1. The van der Waals surface area contributed by atoms with E-state index in [9.17, 15) is 4.79 Å². The summed E-state index contributed by atoms with van der Waals surface area (Å²) in [4.78, 5) is 12.9. The molecule has 0 aliphatic carbocycles. The zero-order valence-corrected chi connectivity index (χ0v) is 12.2. The molecular weight excluding hydrogens is 276 g/mol. The van der Waals surface area contributed by atoms with Gasteiger partial charge in [-0.25, -0.2) is 4.79 Å². The van der Waals surface area contributed by atoms with Gasteiger partial charge in [0.25, 0.3) is 0 Å². The molecule has 2 rings (SSSR count). The lowest BCUT2D eigenvalue weighted by molar-refractivity contribution is 0.0635. The first-order valence-electron chi connectivity index (χ1n) is 6.17. The molecule has 9 heteroatoms. The molecule has 0 spiro atoms. The molecule has 2 heterocycles. The highest BCUT2D eigenvalue weighted by Gasteiger charge is 2.18. The number of aromatic nitrogens is 5. The molecule has 0 aromatic carbocycles. The fraction of sp³-hybridized carbons (Fsp3) is 0.417. The van der Waals surface area contributed by atoms with Gasteiger partial charge in [-0.05, 0) is 20.8 Å². The van der Waals surface area contributed by atoms with E-state index in [1.807, 2.05) is 0 Å². The van der Waals surface area contributed by atoms with Crippen LogP contribution in [0.5, 0.6) is 5.75 Å². The van der Waals surface area contributed by atoms with E-state index in [2.05, 4.69) is 25.7 Å². The van der Waals surface area contributed by atoms with Gasteiger partial charge in [0.05, 0.1) is 19.5 Å². The quantitative estimate of drug-likeness (QED) is 0.912. The van der Waals surface area contributed by atoms with Gasteiger partial charge in [0, 0.05) is 6.07 Å². The lowest BCUT2D eigenvalue weighted by Gasteiger charge is -2.19. The van der Waals surface area contributed by atoms with Crippen molar-refractivity contribution in [1.82, 2.24) is 25.2 Å². The van der Waals surface area contributed by atoms with Crippen molar-refractivity contribution in [2.24, 2.45) is 0 Å².